The first-order valence-electron chi connectivity index (χ1n) is 10.0. The molecule has 0 saturated carbocycles. The van der Waals surface area contributed by atoms with Gasteiger partial charge in [0.1, 0.15) is 0 Å². The molecule has 0 N–H and O–H groups in total. The second kappa shape index (κ2) is 7.53. The highest BCUT2D eigenvalue weighted by atomic mass is 14.8. The van der Waals surface area contributed by atoms with Crippen LogP contribution in [0.4, 0.5) is 0 Å². The SMILES string of the molecule is Cc1cc2nc(-c3ccccc3)c(-c3ccc(-c4ccncc4)cc3)nc2cc1C. The predicted molar refractivity (Wildman–Crippen MR) is 123 cm³/mol. The van der Waals surface area contributed by atoms with Gasteiger partial charge < -0.3 is 0 Å². The van der Waals surface area contributed by atoms with E-state index in [1.165, 1.54) is 11.1 Å². The Balaban J connectivity index is 1.69. The van der Waals surface area contributed by atoms with E-state index in [-0.39, 0.29) is 0 Å². The Labute approximate surface area is 176 Å². The van der Waals surface area contributed by atoms with Gasteiger partial charge in [-0.25, -0.2) is 9.97 Å². The van der Waals surface area contributed by atoms with Crippen LogP contribution >= 0.6 is 0 Å². The lowest BCUT2D eigenvalue weighted by atomic mass is 10.00. The summed E-state index contributed by atoms with van der Waals surface area (Å²) in [5, 5.41) is 0. The molecule has 2 heterocycles. The summed E-state index contributed by atoms with van der Waals surface area (Å²) < 4.78 is 0. The van der Waals surface area contributed by atoms with Gasteiger partial charge in [-0.2, -0.15) is 0 Å². The lowest BCUT2D eigenvalue weighted by molar-refractivity contribution is 1.26. The number of aromatic nitrogens is 3. The number of pyridine rings is 1. The van der Waals surface area contributed by atoms with E-state index >= 15 is 0 Å². The minimum atomic E-state index is 0.901. The lowest BCUT2D eigenvalue weighted by Crippen LogP contribution is -1.97. The maximum atomic E-state index is 5.05. The van der Waals surface area contributed by atoms with Gasteiger partial charge in [0.25, 0.3) is 0 Å². The van der Waals surface area contributed by atoms with Gasteiger partial charge in [-0.1, -0.05) is 54.6 Å². The molecule has 5 aromatic rings. The molecule has 0 aliphatic carbocycles. The Morgan fingerprint density at radius 2 is 0.967 bits per heavy atom. The Morgan fingerprint density at radius 3 is 1.53 bits per heavy atom. The van der Waals surface area contributed by atoms with Gasteiger partial charge >= 0.3 is 0 Å². The summed E-state index contributed by atoms with van der Waals surface area (Å²) in [6.45, 7) is 4.23. The second-order valence-electron chi connectivity index (χ2n) is 7.53. The lowest BCUT2D eigenvalue weighted by Gasteiger charge is -2.12. The molecule has 0 saturated heterocycles. The average Bonchev–Trinajstić information content (AvgIpc) is 2.80. The van der Waals surface area contributed by atoms with E-state index in [4.69, 9.17) is 9.97 Å². The fourth-order valence-electron chi connectivity index (χ4n) is 3.68. The Bertz CT molecular complexity index is 1330. The smallest absolute Gasteiger partial charge is 0.0973 e. The number of hydrogen-bond acceptors (Lipinski definition) is 3. The fraction of sp³-hybridized carbons (Fsp3) is 0.0741. The minimum Gasteiger partial charge on any atom is -0.265 e. The van der Waals surface area contributed by atoms with Crippen molar-refractivity contribution in [2.45, 2.75) is 13.8 Å². The number of rotatable bonds is 3. The van der Waals surface area contributed by atoms with E-state index in [0.29, 0.717) is 0 Å². The topological polar surface area (TPSA) is 38.7 Å². The second-order valence-corrected chi connectivity index (χ2v) is 7.53. The van der Waals surface area contributed by atoms with Crippen molar-refractivity contribution in [1.82, 2.24) is 15.0 Å². The number of benzene rings is 3. The van der Waals surface area contributed by atoms with Crippen LogP contribution in [0, 0.1) is 13.8 Å². The van der Waals surface area contributed by atoms with Crippen LogP contribution in [0.5, 0.6) is 0 Å². The van der Waals surface area contributed by atoms with Crippen LogP contribution in [0.2, 0.25) is 0 Å². The van der Waals surface area contributed by atoms with E-state index in [1.807, 2.05) is 42.7 Å². The van der Waals surface area contributed by atoms with Gasteiger partial charge in [-0.3, -0.25) is 4.98 Å². The molecule has 5 rings (SSSR count). The zero-order valence-electron chi connectivity index (χ0n) is 17.0. The van der Waals surface area contributed by atoms with Crippen molar-refractivity contribution in [2.75, 3.05) is 0 Å². The molecule has 0 amide bonds. The average molecular weight is 387 g/mol. The molecule has 144 valence electrons. The van der Waals surface area contributed by atoms with Gasteiger partial charge in [-0.15, -0.1) is 0 Å². The highest BCUT2D eigenvalue weighted by Gasteiger charge is 2.14. The van der Waals surface area contributed by atoms with E-state index in [0.717, 1.165) is 44.7 Å². The highest BCUT2D eigenvalue weighted by molar-refractivity contribution is 5.87. The third-order valence-corrected chi connectivity index (χ3v) is 5.50. The number of aryl methyl sites for hydroxylation is 2. The molecule has 0 radical (unpaired) electrons. The van der Waals surface area contributed by atoms with Crippen molar-refractivity contribution in [3.8, 4) is 33.6 Å². The number of fused-ring (bicyclic) bond motifs is 1. The first kappa shape index (κ1) is 18.2. The van der Waals surface area contributed by atoms with Crippen LogP contribution in [0.1, 0.15) is 11.1 Å². The van der Waals surface area contributed by atoms with Crippen molar-refractivity contribution in [1.29, 1.82) is 0 Å². The molecule has 3 aromatic carbocycles. The summed E-state index contributed by atoms with van der Waals surface area (Å²) in [4.78, 5) is 14.2. The van der Waals surface area contributed by atoms with Gasteiger partial charge in [0.15, 0.2) is 0 Å². The van der Waals surface area contributed by atoms with Crippen molar-refractivity contribution in [3.05, 3.63) is 102 Å². The van der Waals surface area contributed by atoms with Crippen LogP contribution in [-0.2, 0) is 0 Å². The summed E-state index contributed by atoms with van der Waals surface area (Å²) in [5.41, 5.74) is 10.5. The van der Waals surface area contributed by atoms with E-state index in [9.17, 15) is 0 Å². The largest absolute Gasteiger partial charge is 0.265 e. The van der Waals surface area contributed by atoms with Gasteiger partial charge in [-0.05, 0) is 60.4 Å². The maximum Gasteiger partial charge on any atom is 0.0973 e. The van der Waals surface area contributed by atoms with Crippen molar-refractivity contribution in [2.24, 2.45) is 0 Å². The van der Waals surface area contributed by atoms with Crippen LogP contribution < -0.4 is 0 Å². The molecule has 0 bridgehead atoms. The molecule has 3 nitrogen and oxygen atoms in total. The van der Waals surface area contributed by atoms with Crippen molar-refractivity contribution in [3.63, 3.8) is 0 Å². The predicted octanol–water partition coefficient (Wildman–Crippen LogP) is 6.64. The molecule has 0 aliphatic rings. The molecular weight excluding hydrogens is 366 g/mol. The highest BCUT2D eigenvalue weighted by Crippen LogP contribution is 2.32. The summed E-state index contributed by atoms with van der Waals surface area (Å²) in [6.07, 6.45) is 3.63. The zero-order chi connectivity index (χ0) is 20.5. The van der Waals surface area contributed by atoms with Gasteiger partial charge in [0, 0.05) is 23.5 Å². The number of nitrogens with zero attached hydrogens (tertiary/aromatic N) is 3. The molecule has 0 aliphatic heterocycles. The molecule has 2 aromatic heterocycles. The Kier molecular flexibility index (Phi) is 4.56. The molecule has 0 atom stereocenters. The third kappa shape index (κ3) is 3.35. The zero-order valence-corrected chi connectivity index (χ0v) is 17.0. The molecule has 30 heavy (non-hydrogen) atoms. The first-order valence-corrected chi connectivity index (χ1v) is 10.0. The van der Waals surface area contributed by atoms with E-state index in [1.54, 1.807) is 0 Å². The summed E-state index contributed by atoms with van der Waals surface area (Å²) in [5.74, 6) is 0. The maximum absolute atomic E-state index is 5.05. The molecule has 0 fully saturated rings. The summed E-state index contributed by atoms with van der Waals surface area (Å²) >= 11 is 0. The minimum absolute atomic E-state index is 0.901. The van der Waals surface area contributed by atoms with Gasteiger partial charge in [0.05, 0.1) is 22.4 Å². The number of hydrogen-bond donors (Lipinski definition) is 0. The van der Waals surface area contributed by atoms with Crippen molar-refractivity contribution >= 4 is 11.0 Å². The van der Waals surface area contributed by atoms with Crippen LogP contribution in [0.3, 0.4) is 0 Å². The van der Waals surface area contributed by atoms with Crippen LogP contribution in [0.25, 0.3) is 44.7 Å². The molecule has 3 heteroatoms. The van der Waals surface area contributed by atoms with Crippen LogP contribution in [0.15, 0.2) is 91.3 Å². The van der Waals surface area contributed by atoms with Crippen molar-refractivity contribution < 1.29 is 0 Å². The van der Waals surface area contributed by atoms with E-state index < -0.39 is 0 Å². The summed E-state index contributed by atoms with van der Waals surface area (Å²) in [6, 6.07) is 27.1. The van der Waals surface area contributed by atoms with E-state index in [2.05, 4.69) is 67.4 Å². The normalized spacial score (nSPS) is 11.0. The summed E-state index contributed by atoms with van der Waals surface area (Å²) in [7, 11) is 0. The Morgan fingerprint density at radius 1 is 0.500 bits per heavy atom. The fourth-order valence-corrected chi connectivity index (χ4v) is 3.68. The quantitative estimate of drug-likeness (QED) is 0.348. The third-order valence-electron chi connectivity index (χ3n) is 5.50. The van der Waals surface area contributed by atoms with Crippen LogP contribution in [-0.4, -0.2) is 15.0 Å². The first-order chi connectivity index (χ1) is 14.7. The standard InChI is InChI=1S/C27H21N3/c1-18-16-24-25(17-19(18)2)30-27(26(29-24)22-6-4-3-5-7-22)23-10-8-20(9-11-23)21-12-14-28-15-13-21/h3-17H,1-2H3. The molecule has 0 unspecified atom stereocenters. The Hall–Kier alpha value is -3.85. The molecule has 0 spiro atoms. The van der Waals surface area contributed by atoms with Gasteiger partial charge in [0.2, 0.25) is 0 Å². The monoisotopic (exact) mass is 387 g/mol. The molecular formula is C27H21N3.